The van der Waals surface area contributed by atoms with Crippen molar-refractivity contribution in [1.82, 2.24) is 15.3 Å². The summed E-state index contributed by atoms with van der Waals surface area (Å²) in [4.78, 5) is 48.3. The van der Waals surface area contributed by atoms with Crippen molar-refractivity contribution in [2.75, 3.05) is 17.7 Å². The molecule has 240 valence electrons. The fourth-order valence-corrected chi connectivity index (χ4v) is 6.50. The Morgan fingerprint density at radius 2 is 1.69 bits per heavy atom. The molecule has 0 aliphatic rings. The number of amides is 3. The number of nitrogens with zero attached hydrogens (tertiary/aromatic N) is 1. The number of thioether (sulfide) groups is 1. The lowest BCUT2D eigenvalue weighted by molar-refractivity contribution is -0.115. The van der Waals surface area contributed by atoms with Crippen LogP contribution in [0.5, 0.6) is 5.75 Å². The summed E-state index contributed by atoms with van der Waals surface area (Å²) in [5, 5.41) is 11.5. The highest BCUT2D eigenvalue weighted by Crippen LogP contribution is 2.30. The molecular weight excluding hydrogens is 643 g/mol. The Bertz CT molecular complexity index is 2110. The SMILES string of the molecule is COc1ccc(-c2csc(NC(=O)C(C)Sc3cccc(NC(=O)/C(=C/c4c[nH]c5ccccc45)NC(=O)c4ccccc4)c3)n2)cc1. The van der Waals surface area contributed by atoms with Crippen LogP contribution in [0.3, 0.4) is 0 Å². The second-order valence-corrected chi connectivity index (χ2v) is 12.9. The van der Waals surface area contributed by atoms with E-state index in [0.29, 0.717) is 16.4 Å². The van der Waals surface area contributed by atoms with Gasteiger partial charge in [0.1, 0.15) is 11.4 Å². The summed E-state index contributed by atoms with van der Waals surface area (Å²) < 4.78 is 5.22. The van der Waals surface area contributed by atoms with E-state index in [1.807, 2.05) is 73.0 Å². The first-order valence-corrected chi connectivity index (χ1v) is 16.8. The Morgan fingerprint density at radius 3 is 2.48 bits per heavy atom. The highest BCUT2D eigenvalue weighted by molar-refractivity contribution is 8.00. The number of benzene rings is 4. The third-order valence-corrected chi connectivity index (χ3v) is 9.20. The number of aromatic nitrogens is 2. The molecule has 48 heavy (non-hydrogen) atoms. The topological polar surface area (TPSA) is 125 Å². The van der Waals surface area contributed by atoms with Crippen molar-refractivity contribution in [2.24, 2.45) is 0 Å². The zero-order chi connectivity index (χ0) is 33.5. The Hall–Kier alpha value is -5.65. The molecule has 1 atom stereocenters. The molecule has 0 fully saturated rings. The minimum atomic E-state index is -0.492. The zero-order valence-electron chi connectivity index (χ0n) is 26.0. The monoisotopic (exact) mass is 673 g/mol. The Labute approximate surface area is 285 Å². The summed E-state index contributed by atoms with van der Waals surface area (Å²) in [5.74, 6) is -0.335. The maximum atomic E-state index is 13.6. The molecule has 11 heteroatoms. The van der Waals surface area contributed by atoms with E-state index < -0.39 is 17.1 Å². The maximum Gasteiger partial charge on any atom is 0.272 e. The summed E-state index contributed by atoms with van der Waals surface area (Å²) in [7, 11) is 1.62. The number of rotatable bonds is 11. The molecule has 0 aliphatic heterocycles. The normalized spacial score (nSPS) is 11.9. The fraction of sp³-hybridized carbons (Fsp3) is 0.0811. The van der Waals surface area contributed by atoms with Crippen molar-refractivity contribution in [2.45, 2.75) is 17.1 Å². The van der Waals surface area contributed by atoms with Crippen LogP contribution < -0.4 is 20.7 Å². The number of nitrogens with one attached hydrogen (secondary N) is 4. The molecule has 4 aromatic carbocycles. The number of aromatic amines is 1. The minimum Gasteiger partial charge on any atom is -0.497 e. The van der Waals surface area contributed by atoms with E-state index in [1.165, 1.54) is 23.1 Å². The van der Waals surface area contributed by atoms with Crippen LogP contribution >= 0.6 is 23.1 Å². The van der Waals surface area contributed by atoms with Gasteiger partial charge in [0.2, 0.25) is 5.91 Å². The van der Waals surface area contributed by atoms with Crippen LogP contribution in [-0.2, 0) is 9.59 Å². The first-order chi connectivity index (χ1) is 23.4. The average molecular weight is 674 g/mol. The minimum absolute atomic E-state index is 0.0804. The number of para-hydroxylation sites is 1. The van der Waals surface area contributed by atoms with Gasteiger partial charge in [-0.05, 0) is 73.7 Å². The number of fused-ring (bicyclic) bond motifs is 1. The number of anilines is 2. The smallest absolute Gasteiger partial charge is 0.272 e. The molecule has 0 spiro atoms. The lowest BCUT2D eigenvalue weighted by Gasteiger charge is -2.13. The van der Waals surface area contributed by atoms with Crippen LogP contribution in [0.1, 0.15) is 22.8 Å². The van der Waals surface area contributed by atoms with E-state index in [4.69, 9.17) is 4.74 Å². The number of thiazole rings is 1. The molecule has 0 bridgehead atoms. The van der Waals surface area contributed by atoms with Crippen molar-refractivity contribution >= 4 is 68.6 Å². The predicted octanol–water partition coefficient (Wildman–Crippen LogP) is 7.83. The highest BCUT2D eigenvalue weighted by atomic mass is 32.2. The van der Waals surface area contributed by atoms with Crippen LogP contribution in [-0.4, -0.2) is 40.0 Å². The van der Waals surface area contributed by atoms with Gasteiger partial charge < -0.3 is 25.7 Å². The fourth-order valence-electron chi connectivity index (χ4n) is 4.85. The molecule has 2 heterocycles. The van der Waals surface area contributed by atoms with E-state index in [1.54, 1.807) is 61.8 Å². The summed E-state index contributed by atoms with van der Waals surface area (Å²) >= 11 is 2.71. The van der Waals surface area contributed by atoms with Crippen LogP contribution in [0.2, 0.25) is 0 Å². The number of ether oxygens (including phenoxy) is 1. The van der Waals surface area contributed by atoms with Gasteiger partial charge in [-0.2, -0.15) is 0 Å². The lowest BCUT2D eigenvalue weighted by atomic mass is 10.1. The summed E-state index contributed by atoms with van der Waals surface area (Å²) in [6.07, 6.45) is 3.45. The van der Waals surface area contributed by atoms with Crippen molar-refractivity contribution in [3.8, 4) is 17.0 Å². The molecule has 6 aromatic rings. The number of hydrogen-bond donors (Lipinski definition) is 4. The molecule has 0 saturated carbocycles. The standard InChI is InChI=1S/C37H31N5O4S2/c1-23(34(43)42-37-41-33(22-47-37)24-15-17-28(46-2)18-16-24)48-29-12-8-11-27(20-29)39-36(45)32(40-35(44)25-9-4-3-5-10-25)19-26-21-38-31-14-7-6-13-30(26)31/h3-23,38H,1-2H3,(H,39,45)(H,40,44)(H,41,42,43)/b32-19-. The molecule has 0 radical (unpaired) electrons. The van der Waals surface area contributed by atoms with Gasteiger partial charge in [0.25, 0.3) is 11.8 Å². The Kier molecular flexibility index (Phi) is 9.99. The number of H-pyrrole nitrogens is 1. The number of carbonyl (C=O) groups excluding carboxylic acids is 3. The zero-order valence-corrected chi connectivity index (χ0v) is 27.7. The van der Waals surface area contributed by atoms with E-state index in [-0.39, 0.29) is 11.6 Å². The molecule has 0 aliphatic carbocycles. The third kappa shape index (κ3) is 7.83. The van der Waals surface area contributed by atoms with Crippen LogP contribution in [0.4, 0.5) is 10.8 Å². The van der Waals surface area contributed by atoms with E-state index >= 15 is 0 Å². The first-order valence-electron chi connectivity index (χ1n) is 15.0. The molecule has 3 amide bonds. The van der Waals surface area contributed by atoms with Crippen LogP contribution in [0.15, 0.2) is 125 Å². The number of hydrogen-bond acceptors (Lipinski definition) is 7. The maximum absolute atomic E-state index is 13.6. The van der Waals surface area contributed by atoms with Crippen molar-refractivity contribution < 1.29 is 19.1 Å². The first kappa shape index (κ1) is 32.3. The van der Waals surface area contributed by atoms with Crippen LogP contribution in [0, 0.1) is 0 Å². The van der Waals surface area contributed by atoms with Gasteiger partial charge in [-0.1, -0.05) is 42.5 Å². The molecule has 1 unspecified atom stereocenters. The summed E-state index contributed by atoms with van der Waals surface area (Å²) in [6.45, 7) is 1.81. The quantitative estimate of drug-likeness (QED) is 0.0821. The van der Waals surface area contributed by atoms with Gasteiger partial charge in [-0.15, -0.1) is 23.1 Å². The predicted molar refractivity (Wildman–Crippen MR) is 193 cm³/mol. The summed E-state index contributed by atoms with van der Waals surface area (Å²) in [6, 6.07) is 31.2. The molecular formula is C37H31N5O4S2. The summed E-state index contributed by atoms with van der Waals surface area (Å²) in [5.41, 5.74) is 4.37. The molecule has 2 aromatic heterocycles. The van der Waals surface area contributed by atoms with E-state index in [2.05, 4.69) is 25.9 Å². The van der Waals surface area contributed by atoms with E-state index in [0.717, 1.165) is 38.4 Å². The van der Waals surface area contributed by atoms with Gasteiger partial charge in [0, 0.05) is 49.8 Å². The van der Waals surface area contributed by atoms with E-state index in [9.17, 15) is 14.4 Å². The van der Waals surface area contributed by atoms with Gasteiger partial charge >= 0.3 is 0 Å². The lowest BCUT2D eigenvalue weighted by Crippen LogP contribution is -2.30. The third-order valence-electron chi connectivity index (χ3n) is 7.34. The van der Waals surface area contributed by atoms with Crippen molar-refractivity contribution in [3.63, 3.8) is 0 Å². The second-order valence-electron chi connectivity index (χ2n) is 10.7. The Balaban J connectivity index is 1.13. The molecule has 4 N–H and O–H groups in total. The molecule has 9 nitrogen and oxygen atoms in total. The van der Waals surface area contributed by atoms with Crippen LogP contribution in [0.25, 0.3) is 28.2 Å². The van der Waals surface area contributed by atoms with Gasteiger partial charge in [-0.3, -0.25) is 14.4 Å². The second kappa shape index (κ2) is 14.8. The largest absolute Gasteiger partial charge is 0.497 e. The van der Waals surface area contributed by atoms with Crippen molar-refractivity contribution in [1.29, 1.82) is 0 Å². The number of methoxy groups -OCH3 is 1. The van der Waals surface area contributed by atoms with Gasteiger partial charge in [0.15, 0.2) is 5.13 Å². The average Bonchev–Trinajstić information content (AvgIpc) is 3.75. The van der Waals surface area contributed by atoms with Gasteiger partial charge in [0.05, 0.1) is 18.1 Å². The number of carbonyl (C=O) groups is 3. The Morgan fingerprint density at radius 1 is 0.917 bits per heavy atom. The van der Waals surface area contributed by atoms with Gasteiger partial charge in [-0.25, -0.2) is 4.98 Å². The molecule has 6 rings (SSSR count). The molecule has 0 saturated heterocycles. The van der Waals surface area contributed by atoms with Crippen molar-refractivity contribution in [3.05, 3.63) is 132 Å². The highest BCUT2D eigenvalue weighted by Gasteiger charge is 2.19.